The Labute approximate surface area is 180 Å². The van der Waals surface area contributed by atoms with E-state index in [-0.39, 0.29) is 33.2 Å². The Bertz CT molecular complexity index is 1020. The van der Waals surface area contributed by atoms with Crippen molar-refractivity contribution in [1.82, 2.24) is 15.0 Å². The number of nitrogens with zero attached hydrogens (tertiary/aromatic N) is 3. The lowest BCUT2D eigenvalue weighted by Gasteiger charge is -2.41. The van der Waals surface area contributed by atoms with E-state index >= 15 is 0 Å². The number of aromatic nitrogens is 3. The minimum Gasteiger partial charge on any atom is -0.382 e. The normalized spacial score (nSPS) is 23.5. The van der Waals surface area contributed by atoms with Crippen LogP contribution in [0.1, 0.15) is 25.5 Å². The van der Waals surface area contributed by atoms with Gasteiger partial charge in [-0.15, -0.1) is 0 Å². The molecule has 0 amide bonds. The summed E-state index contributed by atoms with van der Waals surface area (Å²) >= 11 is 0.600. The van der Waals surface area contributed by atoms with Gasteiger partial charge in [0.1, 0.15) is 10.7 Å². The average Bonchev–Trinajstić information content (AvgIpc) is 2.99. The number of aromatic amines is 1. The highest BCUT2D eigenvalue weighted by molar-refractivity contribution is 7.99. The molecule has 0 aromatic carbocycles. The van der Waals surface area contributed by atoms with E-state index in [1.54, 1.807) is 0 Å². The number of pyridine rings is 1. The van der Waals surface area contributed by atoms with Gasteiger partial charge >= 0.3 is 6.18 Å². The van der Waals surface area contributed by atoms with Crippen molar-refractivity contribution in [3.05, 3.63) is 34.4 Å². The van der Waals surface area contributed by atoms with E-state index in [1.165, 1.54) is 12.1 Å². The van der Waals surface area contributed by atoms with Crippen LogP contribution in [0, 0.1) is 5.41 Å². The minimum atomic E-state index is -4.65. The van der Waals surface area contributed by atoms with Crippen LogP contribution < -0.4 is 21.9 Å². The lowest BCUT2D eigenvalue weighted by Crippen LogP contribution is -2.51. The van der Waals surface area contributed by atoms with E-state index in [4.69, 9.17) is 16.2 Å². The van der Waals surface area contributed by atoms with Crippen LogP contribution in [0.2, 0.25) is 0 Å². The Morgan fingerprint density at radius 2 is 2.06 bits per heavy atom. The molecule has 0 radical (unpaired) electrons. The fourth-order valence-corrected chi connectivity index (χ4v) is 5.07. The van der Waals surface area contributed by atoms with Gasteiger partial charge in [-0.3, -0.25) is 14.8 Å². The SMILES string of the molecule is C[C@@H]1OCC2(CCN(c3nc(N)c(Sc4cccnc4C(F)(F)F)c(=O)[nH]3)CC2)[C@@H]1N. The van der Waals surface area contributed by atoms with Gasteiger partial charge in [-0.2, -0.15) is 18.2 Å². The van der Waals surface area contributed by atoms with E-state index in [9.17, 15) is 18.0 Å². The Hall–Kier alpha value is -2.31. The maximum atomic E-state index is 13.2. The molecule has 0 saturated carbocycles. The molecule has 2 aliphatic heterocycles. The Kier molecular flexibility index (Phi) is 5.64. The Morgan fingerprint density at radius 3 is 2.65 bits per heavy atom. The van der Waals surface area contributed by atoms with Crippen LogP contribution in [0.5, 0.6) is 0 Å². The molecule has 1 spiro atoms. The van der Waals surface area contributed by atoms with Crippen molar-refractivity contribution < 1.29 is 17.9 Å². The van der Waals surface area contributed by atoms with Crippen molar-refractivity contribution in [2.75, 3.05) is 30.3 Å². The molecule has 5 N–H and O–H groups in total. The molecule has 0 bridgehead atoms. The highest BCUT2D eigenvalue weighted by Crippen LogP contribution is 2.42. The van der Waals surface area contributed by atoms with Gasteiger partial charge in [-0.05, 0) is 31.9 Å². The third kappa shape index (κ3) is 4.11. The largest absolute Gasteiger partial charge is 0.434 e. The fourth-order valence-electron chi connectivity index (χ4n) is 4.15. The van der Waals surface area contributed by atoms with E-state index < -0.39 is 17.4 Å². The monoisotopic (exact) mass is 456 g/mol. The van der Waals surface area contributed by atoms with Crippen molar-refractivity contribution >= 4 is 23.5 Å². The second-order valence-electron chi connectivity index (χ2n) is 7.95. The quantitative estimate of drug-likeness (QED) is 0.643. The van der Waals surface area contributed by atoms with Crippen LogP contribution >= 0.6 is 11.8 Å². The summed E-state index contributed by atoms with van der Waals surface area (Å²) in [6.07, 6.45) is -2.03. The maximum Gasteiger partial charge on any atom is 0.434 e. The first-order chi connectivity index (χ1) is 14.6. The smallest absolute Gasteiger partial charge is 0.382 e. The van der Waals surface area contributed by atoms with Crippen molar-refractivity contribution in [2.24, 2.45) is 11.1 Å². The van der Waals surface area contributed by atoms with Crippen LogP contribution in [-0.2, 0) is 10.9 Å². The van der Waals surface area contributed by atoms with E-state index in [0.717, 1.165) is 19.0 Å². The van der Waals surface area contributed by atoms with E-state index in [0.29, 0.717) is 37.4 Å². The number of anilines is 2. The summed E-state index contributed by atoms with van der Waals surface area (Å²) in [5.74, 6) is 0.167. The lowest BCUT2D eigenvalue weighted by molar-refractivity contribution is -0.143. The molecule has 2 aliphatic rings. The number of rotatable bonds is 3. The van der Waals surface area contributed by atoms with Crippen molar-refractivity contribution in [3.63, 3.8) is 0 Å². The predicted octanol–water partition coefficient (Wildman–Crippen LogP) is 2.25. The molecule has 2 fully saturated rings. The molecular formula is C19H23F3N6O2S. The van der Waals surface area contributed by atoms with E-state index in [1.807, 2.05) is 11.8 Å². The van der Waals surface area contributed by atoms with Gasteiger partial charge in [-0.1, -0.05) is 11.8 Å². The fraction of sp³-hybridized carbons (Fsp3) is 0.526. The summed E-state index contributed by atoms with van der Waals surface area (Å²) in [6, 6.07) is 2.56. The number of halogens is 3. The van der Waals surface area contributed by atoms with Crippen LogP contribution in [0.4, 0.5) is 24.9 Å². The number of hydrogen-bond acceptors (Lipinski definition) is 8. The standard InChI is InChI=1S/C19H23F3N6O2S/c1-10-13(23)18(9-30-10)4-7-28(8-5-18)17-26-15(24)12(16(29)27-17)31-11-3-2-6-25-14(11)19(20,21)22/h2-3,6,10,13H,4-5,7-9,23H2,1H3,(H3,24,26,27,29)/t10-,13+/m0/s1. The second kappa shape index (κ2) is 7.99. The molecule has 0 unspecified atom stereocenters. The van der Waals surface area contributed by atoms with Crippen molar-refractivity contribution in [2.45, 2.75) is 47.9 Å². The zero-order valence-electron chi connectivity index (χ0n) is 16.8. The van der Waals surface area contributed by atoms with Gasteiger partial charge in [0.25, 0.3) is 5.56 Å². The molecule has 2 saturated heterocycles. The number of ether oxygens (including phenoxy) is 1. The first-order valence-corrected chi connectivity index (χ1v) is 10.6. The van der Waals surface area contributed by atoms with Crippen LogP contribution in [0.15, 0.2) is 32.9 Å². The predicted molar refractivity (Wildman–Crippen MR) is 110 cm³/mol. The van der Waals surface area contributed by atoms with Gasteiger partial charge < -0.3 is 21.1 Å². The summed E-state index contributed by atoms with van der Waals surface area (Å²) in [5.41, 5.74) is 10.5. The topological polar surface area (TPSA) is 123 Å². The number of nitrogens with two attached hydrogens (primary N) is 2. The third-order valence-electron chi connectivity index (χ3n) is 6.05. The molecule has 31 heavy (non-hydrogen) atoms. The molecule has 2 atom stereocenters. The molecule has 168 valence electrons. The summed E-state index contributed by atoms with van der Waals surface area (Å²) < 4.78 is 45.3. The van der Waals surface area contributed by atoms with Gasteiger partial charge in [-0.25, -0.2) is 0 Å². The average molecular weight is 456 g/mol. The highest BCUT2D eigenvalue weighted by Gasteiger charge is 2.47. The Balaban J connectivity index is 1.54. The van der Waals surface area contributed by atoms with Crippen molar-refractivity contribution in [3.8, 4) is 0 Å². The van der Waals surface area contributed by atoms with Gasteiger partial charge in [0.05, 0.1) is 12.7 Å². The van der Waals surface area contributed by atoms with Crippen LogP contribution in [-0.4, -0.2) is 46.8 Å². The second-order valence-corrected chi connectivity index (χ2v) is 9.00. The first kappa shape index (κ1) is 21.9. The summed E-state index contributed by atoms with van der Waals surface area (Å²) in [6.45, 7) is 3.80. The maximum absolute atomic E-state index is 13.2. The zero-order valence-corrected chi connectivity index (χ0v) is 17.6. The van der Waals surface area contributed by atoms with Gasteiger partial charge in [0, 0.05) is 35.6 Å². The Morgan fingerprint density at radius 1 is 1.35 bits per heavy atom. The van der Waals surface area contributed by atoms with E-state index in [2.05, 4.69) is 15.0 Å². The number of hydrogen-bond donors (Lipinski definition) is 3. The summed E-state index contributed by atoms with van der Waals surface area (Å²) in [4.78, 5) is 24.5. The van der Waals surface area contributed by atoms with Gasteiger partial charge in [0.2, 0.25) is 5.95 Å². The molecule has 4 rings (SSSR count). The third-order valence-corrected chi connectivity index (χ3v) is 7.20. The highest BCUT2D eigenvalue weighted by atomic mass is 32.2. The molecule has 12 heteroatoms. The first-order valence-electron chi connectivity index (χ1n) is 9.83. The minimum absolute atomic E-state index is 0.00509. The molecule has 0 aliphatic carbocycles. The van der Waals surface area contributed by atoms with Crippen molar-refractivity contribution in [1.29, 1.82) is 0 Å². The summed E-state index contributed by atoms with van der Waals surface area (Å²) in [5, 5.41) is 0. The number of H-pyrrole nitrogens is 1. The zero-order chi connectivity index (χ0) is 22.4. The molecule has 8 nitrogen and oxygen atoms in total. The number of nitrogen functional groups attached to an aromatic ring is 1. The lowest BCUT2D eigenvalue weighted by atomic mass is 9.73. The van der Waals surface area contributed by atoms with Crippen LogP contribution in [0.25, 0.3) is 0 Å². The number of piperidine rings is 1. The number of alkyl halides is 3. The van der Waals surface area contributed by atoms with Crippen LogP contribution in [0.3, 0.4) is 0 Å². The number of nitrogens with one attached hydrogen (secondary N) is 1. The van der Waals surface area contributed by atoms with Gasteiger partial charge in [0.15, 0.2) is 5.69 Å². The molecule has 2 aromatic heterocycles. The summed E-state index contributed by atoms with van der Waals surface area (Å²) in [7, 11) is 0. The molecule has 2 aromatic rings. The molecule has 4 heterocycles. The molecular weight excluding hydrogens is 433 g/mol.